The Morgan fingerprint density at radius 2 is 2.30 bits per heavy atom. The lowest BCUT2D eigenvalue weighted by molar-refractivity contribution is -0.385. The normalized spacial score (nSPS) is 12.2. The molecule has 2 heterocycles. The van der Waals surface area contributed by atoms with E-state index in [1.807, 2.05) is 24.4 Å². The first-order valence-corrected chi connectivity index (χ1v) is 7.20. The van der Waals surface area contributed by atoms with Crippen molar-refractivity contribution in [3.8, 4) is 0 Å². The maximum Gasteiger partial charge on any atom is 0.332 e. The van der Waals surface area contributed by atoms with Crippen LogP contribution in [0.25, 0.3) is 0 Å². The van der Waals surface area contributed by atoms with E-state index in [1.165, 1.54) is 4.88 Å². The molecule has 8 heteroatoms. The van der Waals surface area contributed by atoms with Crippen LogP contribution < -0.4 is 5.32 Å². The Bertz CT molecular complexity index is 618. The SMILES string of the molecule is Cc1nc(Cl)nc(NC(C)Cc2cccs2)c1[N+](=O)[O-]. The van der Waals surface area contributed by atoms with Gasteiger partial charge in [-0.05, 0) is 36.9 Å². The van der Waals surface area contributed by atoms with Gasteiger partial charge >= 0.3 is 5.69 Å². The summed E-state index contributed by atoms with van der Waals surface area (Å²) in [4.78, 5) is 19.5. The van der Waals surface area contributed by atoms with E-state index in [1.54, 1.807) is 18.3 Å². The topological polar surface area (TPSA) is 81.0 Å². The molecule has 2 rings (SSSR count). The van der Waals surface area contributed by atoms with Gasteiger partial charge in [-0.1, -0.05) is 6.07 Å². The fraction of sp³-hybridized carbons (Fsp3) is 0.333. The molecular formula is C12H13ClN4O2S. The summed E-state index contributed by atoms with van der Waals surface area (Å²) in [6.45, 7) is 3.48. The number of hydrogen-bond acceptors (Lipinski definition) is 6. The lowest BCUT2D eigenvalue weighted by Crippen LogP contribution is -2.20. The predicted octanol–water partition coefficient (Wildman–Crippen LogP) is 3.45. The van der Waals surface area contributed by atoms with Crippen LogP contribution in [-0.2, 0) is 6.42 Å². The largest absolute Gasteiger partial charge is 0.361 e. The Labute approximate surface area is 125 Å². The van der Waals surface area contributed by atoms with Crippen LogP contribution in [0, 0.1) is 17.0 Å². The molecule has 0 aliphatic rings. The second-order valence-electron chi connectivity index (χ2n) is 4.36. The lowest BCUT2D eigenvalue weighted by Gasteiger charge is -2.14. The molecule has 1 atom stereocenters. The number of anilines is 1. The molecule has 0 fully saturated rings. The quantitative estimate of drug-likeness (QED) is 0.519. The van der Waals surface area contributed by atoms with Crippen LogP contribution in [0.3, 0.4) is 0 Å². The van der Waals surface area contributed by atoms with Gasteiger partial charge in [0.15, 0.2) is 0 Å². The number of rotatable bonds is 5. The van der Waals surface area contributed by atoms with Crippen molar-refractivity contribution in [2.24, 2.45) is 0 Å². The third kappa shape index (κ3) is 3.43. The van der Waals surface area contributed by atoms with Gasteiger partial charge < -0.3 is 5.32 Å². The molecule has 1 unspecified atom stereocenters. The molecular weight excluding hydrogens is 300 g/mol. The van der Waals surface area contributed by atoms with Gasteiger partial charge in [0.1, 0.15) is 5.69 Å². The molecule has 2 aromatic heterocycles. The maximum absolute atomic E-state index is 11.1. The summed E-state index contributed by atoms with van der Waals surface area (Å²) in [6, 6.07) is 3.99. The Balaban J connectivity index is 2.21. The van der Waals surface area contributed by atoms with E-state index in [4.69, 9.17) is 11.6 Å². The van der Waals surface area contributed by atoms with Gasteiger partial charge in [-0.3, -0.25) is 10.1 Å². The summed E-state index contributed by atoms with van der Waals surface area (Å²) >= 11 is 7.42. The maximum atomic E-state index is 11.1. The number of nitrogens with zero attached hydrogens (tertiary/aromatic N) is 3. The van der Waals surface area contributed by atoms with E-state index in [2.05, 4.69) is 15.3 Å². The van der Waals surface area contributed by atoms with Crippen LogP contribution in [0.4, 0.5) is 11.5 Å². The van der Waals surface area contributed by atoms with Crippen molar-refractivity contribution < 1.29 is 4.92 Å². The van der Waals surface area contributed by atoms with Crippen molar-refractivity contribution in [2.45, 2.75) is 26.3 Å². The number of halogens is 1. The molecule has 0 aromatic carbocycles. The van der Waals surface area contributed by atoms with E-state index < -0.39 is 4.92 Å². The highest BCUT2D eigenvalue weighted by Gasteiger charge is 2.22. The predicted molar refractivity (Wildman–Crippen MR) is 79.5 cm³/mol. The van der Waals surface area contributed by atoms with Gasteiger partial charge in [0.05, 0.1) is 4.92 Å². The summed E-state index contributed by atoms with van der Waals surface area (Å²) in [6.07, 6.45) is 0.759. The molecule has 0 radical (unpaired) electrons. The van der Waals surface area contributed by atoms with Gasteiger partial charge in [0.2, 0.25) is 11.1 Å². The van der Waals surface area contributed by atoms with Crippen LogP contribution >= 0.6 is 22.9 Å². The highest BCUT2D eigenvalue weighted by atomic mass is 35.5. The van der Waals surface area contributed by atoms with E-state index in [0.29, 0.717) is 0 Å². The molecule has 0 spiro atoms. The van der Waals surface area contributed by atoms with Gasteiger partial charge in [0.25, 0.3) is 0 Å². The number of hydrogen-bond donors (Lipinski definition) is 1. The zero-order valence-corrected chi connectivity index (χ0v) is 12.5. The average Bonchev–Trinajstić information content (AvgIpc) is 2.79. The number of aryl methyl sites for hydroxylation is 1. The Kier molecular flexibility index (Phi) is 4.51. The highest BCUT2D eigenvalue weighted by molar-refractivity contribution is 7.09. The van der Waals surface area contributed by atoms with Gasteiger partial charge in [-0.15, -0.1) is 11.3 Å². The Morgan fingerprint density at radius 3 is 2.90 bits per heavy atom. The third-order valence-electron chi connectivity index (χ3n) is 2.68. The minimum atomic E-state index is -0.494. The molecule has 106 valence electrons. The van der Waals surface area contributed by atoms with Crippen molar-refractivity contribution in [1.29, 1.82) is 0 Å². The van der Waals surface area contributed by atoms with Gasteiger partial charge in [-0.2, -0.15) is 4.98 Å². The lowest BCUT2D eigenvalue weighted by atomic mass is 10.2. The van der Waals surface area contributed by atoms with Crippen molar-refractivity contribution in [3.63, 3.8) is 0 Å². The van der Waals surface area contributed by atoms with Crippen LogP contribution in [0.2, 0.25) is 5.28 Å². The summed E-state index contributed by atoms with van der Waals surface area (Å²) in [5.74, 6) is 0.163. The minimum Gasteiger partial charge on any atom is -0.361 e. The van der Waals surface area contributed by atoms with Crippen LogP contribution in [0.5, 0.6) is 0 Å². The van der Waals surface area contributed by atoms with Crippen molar-refractivity contribution in [1.82, 2.24) is 9.97 Å². The zero-order valence-electron chi connectivity index (χ0n) is 11.0. The molecule has 0 aliphatic carbocycles. The van der Waals surface area contributed by atoms with Crippen LogP contribution in [-0.4, -0.2) is 20.9 Å². The first-order valence-electron chi connectivity index (χ1n) is 5.95. The Hall–Kier alpha value is -1.73. The smallest absolute Gasteiger partial charge is 0.332 e. The number of aromatic nitrogens is 2. The van der Waals surface area contributed by atoms with Crippen molar-refractivity contribution in [3.05, 3.63) is 43.5 Å². The van der Waals surface area contributed by atoms with E-state index in [9.17, 15) is 10.1 Å². The molecule has 0 bridgehead atoms. The van der Waals surface area contributed by atoms with Gasteiger partial charge in [0, 0.05) is 17.3 Å². The summed E-state index contributed by atoms with van der Waals surface area (Å²) in [5, 5.41) is 16.1. The first kappa shape index (κ1) is 14.7. The van der Waals surface area contributed by atoms with Crippen molar-refractivity contribution >= 4 is 34.4 Å². The molecule has 20 heavy (non-hydrogen) atoms. The summed E-state index contributed by atoms with van der Waals surface area (Å²) in [5.41, 5.74) is 0.119. The average molecular weight is 313 g/mol. The minimum absolute atomic E-state index is 0.000997. The fourth-order valence-corrected chi connectivity index (χ4v) is 2.91. The third-order valence-corrected chi connectivity index (χ3v) is 3.75. The number of nitro groups is 1. The Morgan fingerprint density at radius 1 is 1.55 bits per heavy atom. The van der Waals surface area contributed by atoms with E-state index >= 15 is 0 Å². The number of thiophene rings is 1. The van der Waals surface area contributed by atoms with E-state index in [-0.39, 0.29) is 28.5 Å². The molecule has 6 nitrogen and oxygen atoms in total. The van der Waals surface area contributed by atoms with Crippen LogP contribution in [0.1, 0.15) is 17.5 Å². The molecule has 2 aromatic rings. The molecule has 1 N–H and O–H groups in total. The van der Waals surface area contributed by atoms with Crippen LogP contribution in [0.15, 0.2) is 17.5 Å². The highest BCUT2D eigenvalue weighted by Crippen LogP contribution is 2.27. The zero-order chi connectivity index (χ0) is 14.7. The monoisotopic (exact) mass is 312 g/mol. The first-order chi connectivity index (χ1) is 9.47. The molecule has 0 saturated carbocycles. The fourth-order valence-electron chi connectivity index (χ4n) is 1.87. The van der Waals surface area contributed by atoms with E-state index in [0.717, 1.165) is 6.42 Å². The summed E-state index contributed by atoms with van der Waals surface area (Å²) in [7, 11) is 0. The molecule has 0 amide bonds. The second-order valence-corrected chi connectivity index (χ2v) is 5.73. The number of nitrogens with one attached hydrogen (secondary N) is 1. The summed E-state index contributed by atoms with van der Waals surface area (Å²) < 4.78 is 0. The van der Waals surface area contributed by atoms with Crippen molar-refractivity contribution in [2.75, 3.05) is 5.32 Å². The standard InChI is InChI=1S/C12H13ClN4O2S/c1-7(6-9-4-3-5-20-9)14-11-10(17(18)19)8(2)15-12(13)16-11/h3-5,7H,6H2,1-2H3,(H,14,15,16). The molecule has 0 saturated heterocycles. The molecule has 0 aliphatic heterocycles. The second kappa shape index (κ2) is 6.15. The van der Waals surface area contributed by atoms with Gasteiger partial charge in [-0.25, -0.2) is 4.98 Å².